The molecule has 294 valence electrons. The molecule has 0 fully saturated rings. The summed E-state index contributed by atoms with van der Waals surface area (Å²) in [6.07, 6.45) is 43.9. The number of allylic oxidation sites excluding steroid dienone is 5. The van der Waals surface area contributed by atoms with E-state index in [0.29, 0.717) is 6.42 Å². The zero-order valence-corrected chi connectivity index (χ0v) is 33.3. The fourth-order valence-electron chi connectivity index (χ4n) is 5.54. The second-order valence-corrected chi connectivity index (χ2v) is 15.0. The van der Waals surface area contributed by atoms with Crippen LogP contribution >= 0.6 is 7.82 Å². The third-order valence-electron chi connectivity index (χ3n) is 8.59. The molecule has 0 aliphatic rings. The molecule has 0 aromatic carbocycles. The maximum Gasteiger partial charge on any atom is 0.472 e. The number of hydrogen-bond acceptors (Lipinski definition) is 7. The van der Waals surface area contributed by atoms with Crippen LogP contribution in [0.1, 0.15) is 187 Å². The molecule has 0 radical (unpaired) electrons. The van der Waals surface area contributed by atoms with Crippen LogP contribution in [-0.2, 0) is 27.9 Å². The van der Waals surface area contributed by atoms with Gasteiger partial charge in [0.05, 0.1) is 19.5 Å². The van der Waals surface area contributed by atoms with Crippen LogP contribution < -0.4 is 5.73 Å². The number of esters is 1. The van der Waals surface area contributed by atoms with Gasteiger partial charge in [0, 0.05) is 13.0 Å². The van der Waals surface area contributed by atoms with Crippen molar-refractivity contribution in [2.75, 3.05) is 26.4 Å². The Bertz CT molecular complexity index is 864. The molecular weight excluding hydrogens is 649 g/mol. The van der Waals surface area contributed by atoms with Crippen LogP contribution in [0.5, 0.6) is 0 Å². The molecule has 0 rings (SSSR count). The van der Waals surface area contributed by atoms with Crippen molar-refractivity contribution in [2.24, 2.45) is 5.73 Å². The molecule has 0 aromatic heterocycles. The zero-order valence-electron chi connectivity index (χ0n) is 32.4. The average molecular weight is 728 g/mol. The molecule has 50 heavy (non-hydrogen) atoms. The van der Waals surface area contributed by atoms with Gasteiger partial charge in [-0.2, -0.15) is 0 Å². The summed E-state index contributed by atoms with van der Waals surface area (Å²) in [4.78, 5) is 22.4. The Hall–Kier alpha value is -1.44. The first kappa shape index (κ1) is 48.6. The van der Waals surface area contributed by atoms with Gasteiger partial charge in [-0.05, 0) is 76.7 Å². The van der Waals surface area contributed by atoms with Crippen molar-refractivity contribution in [3.8, 4) is 0 Å². The number of nitrogens with two attached hydrogens (primary N) is 1. The maximum atomic E-state index is 12.5. The first-order chi connectivity index (χ1) is 24.4. The summed E-state index contributed by atoms with van der Waals surface area (Å²) in [5.74, 6) is -0.361. The molecule has 3 N–H and O–H groups in total. The lowest BCUT2D eigenvalue weighted by Crippen LogP contribution is -2.27. The Morgan fingerprint density at radius 1 is 0.600 bits per heavy atom. The van der Waals surface area contributed by atoms with Crippen molar-refractivity contribution in [1.29, 1.82) is 0 Å². The number of rotatable bonds is 39. The maximum absolute atomic E-state index is 12.5. The van der Waals surface area contributed by atoms with E-state index in [4.69, 9.17) is 24.3 Å². The van der Waals surface area contributed by atoms with E-state index in [0.717, 1.165) is 38.5 Å². The Labute approximate surface area is 308 Å². The Kier molecular flexibility index (Phi) is 37.7. The van der Waals surface area contributed by atoms with Gasteiger partial charge in [-0.15, -0.1) is 0 Å². The lowest BCUT2D eigenvalue weighted by molar-refractivity contribution is -0.153. The molecular formula is C41H78NO7P. The van der Waals surface area contributed by atoms with Gasteiger partial charge in [0.25, 0.3) is 0 Å². The summed E-state index contributed by atoms with van der Waals surface area (Å²) in [5.41, 5.74) is 5.35. The van der Waals surface area contributed by atoms with Gasteiger partial charge in [0.2, 0.25) is 0 Å². The second-order valence-electron chi connectivity index (χ2n) is 13.6. The first-order valence-corrected chi connectivity index (χ1v) is 22.0. The van der Waals surface area contributed by atoms with Gasteiger partial charge in [0.1, 0.15) is 6.61 Å². The number of carbonyl (C=O) groups excluding carboxylic acids is 1. The highest BCUT2D eigenvalue weighted by Gasteiger charge is 2.25. The molecule has 0 heterocycles. The van der Waals surface area contributed by atoms with E-state index in [9.17, 15) is 14.3 Å². The van der Waals surface area contributed by atoms with E-state index in [1.165, 1.54) is 128 Å². The normalized spacial score (nSPS) is 13.8. The fourth-order valence-corrected chi connectivity index (χ4v) is 6.30. The van der Waals surface area contributed by atoms with E-state index in [-0.39, 0.29) is 32.3 Å². The predicted molar refractivity (Wildman–Crippen MR) is 210 cm³/mol. The molecule has 0 spiro atoms. The fraction of sp³-hybridized carbons (Fsp3) is 0.829. The van der Waals surface area contributed by atoms with Crippen molar-refractivity contribution in [3.05, 3.63) is 36.6 Å². The third-order valence-corrected chi connectivity index (χ3v) is 9.58. The van der Waals surface area contributed by atoms with Gasteiger partial charge in [-0.3, -0.25) is 13.8 Å². The summed E-state index contributed by atoms with van der Waals surface area (Å²) in [5, 5.41) is 0. The highest BCUT2D eigenvalue weighted by Crippen LogP contribution is 2.43. The molecule has 0 bridgehead atoms. The summed E-state index contributed by atoms with van der Waals surface area (Å²) < 4.78 is 33.1. The van der Waals surface area contributed by atoms with E-state index < -0.39 is 13.9 Å². The molecule has 0 aliphatic heterocycles. The molecule has 0 amide bonds. The lowest BCUT2D eigenvalue weighted by Gasteiger charge is -2.19. The quantitative estimate of drug-likeness (QED) is 0.0211. The number of unbranched alkanes of at least 4 members (excludes halogenated alkanes) is 22. The van der Waals surface area contributed by atoms with E-state index in [1.807, 2.05) is 6.08 Å². The van der Waals surface area contributed by atoms with Crippen LogP contribution in [0.3, 0.4) is 0 Å². The van der Waals surface area contributed by atoms with Gasteiger partial charge in [-0.25, -0.2) is 4.57 Å². The molecule has 2 atom stereocenters. The standard InChI is InChI=1S/C41H78NO7P/c1-3-5-7-9-11-13-15-17-19-21-23-25-27-29-31-33-36-46-38-40(39-48-50(44,45)47-37-35-42)49-41(43)34-32-30-28-26-24-22-20-18-16-14-12-10-8-6-4-2/h14,16-17,19,33,36,40H,3-13,15,18,20-32,34-35,37-39,42H2,1-2H3,(H,44,45). The lowest BCUT2D eigenvalue weighted by atomic mass is 10.1. The van der Waals surface area contributed by atoms with Gasteiger partial charge in [0.15, 0.2) is 6.10 Å². The van der Waals surface area contributed by atoms with Crippen molar-refractivity contribution in [3.63, 3.8) is 0 Å². The van der Waals surface area contributed by atoms with Crippen LogP contribution in [-0.4, -0.2) is 43.3 Å². The third kappa shape index (κ3) is 37.8. The first-order valence-electron chi connectivity index (χ1n) is 20.5. The Morgan fingerprint density at radius 3 is 1.50 bits per heavy atom. The second kappa shape index (κ2) is 38.8. The van der Waals surface area contributed by atoms with Crippen LogP contribution in [0.2, 0.25) is 0 Å². The SMILES string of the molecule is CCCCCCC=CCCCCCCCCCC(=O)OC(COC=CCCCCCCC=CCCCCCCCC)COP(=O)(O)OCCN. The zero-order chi connectivity index (χ0) is 36.6. The van der Waals surface area contributed by atoms with Crippen LogP contribution in [0.4, 0.5) is 0 Å². The highest BCUT2D eigenvalue weighted by molar-refractivity contribution is 7.47. The molecule has 0 saturated carbocycles. The number of phosphoric acid groups is 1. The minimum absolute atomic E-state index is 0.0260. The van der Waals surface area contributed by atoms with Crippen LogP contribution in [0.25, 0.3) is 0 Å². The molecule has 0 aromatic rings. The Balaban J connectivity index is 4.13. The molecule has 0 saturated heterocycles. The summed E-state index contributed by atoms with van der Waals surface area (Å²) in [7, 11) is -4.29. The summed E-state index contributed by atoms with van der Waals surface area (Å²) in [6, 6.07) is 0. The van der Waals surface area contributed by atoms with E-state index >= 15 is 0 Å². The number of phosphoric ester groups is 1. The number of ether oxygens (including phenoxy) is 2. The minimum atomic E-state index is -4.29. The smallest absolute Gasteiger partial charge is 0.472 e. The summed E-state index contributed by atoms with van der Waals surface area (Å²) in [6.45, 7) is 4.21. The highest BCUT2D eigenvalue weighted by atomic mass is 31.2. The number of hydrogen-bond donors (Lipinski definition) is 2. The molecule has 9 heteroatoms. The van der Waals surface area contributed by atoms with E-state index in [2.05, 4.69) is 38.2 Å². The predicted octanol–water partition coefficient (Wildman–Crippen LogP) is 12.2. The average Bonchev–Trinajstić information content (AvgIpc) is 3.10. The summed E-state index contributed by atoms with van der Waals surface area (Å²) >= 11 is 0. The van der Waals surface area contributed by atoms with E-state index in [1.54, 1.807) is 6.26 Å². The van der Waals surface area contributed by atoms with Crippen molar-refractivity contribution < 1.29 is 32.8 Å². The molecule has 8 nitrogen and oxygen atoms in total. The Morgan fingerprint density at radius 2 is 1.02 bits per heavy atom. The molecule has 2 unspecified atom stereocenters. The van der Waals surface area contributed by atoms with Gasteiger partial charge in [-0.1, -0.05) is 134 Å². The van der Waals surface area contributed by atoms with Gasteiger partial charge < -0.3 is 20.1 Å². The van der Waals surface area contributed by atoms with Crippen LogP contribution in [0.15, 0.2) is 36.6 Å². The topological polar surface area (TPSA) is 117 Å². The number of carbonyl (C=O) groups is 1. The van der Waals surface area contributed by atoms with Gasteiger partial charge >= 0.3 is 13.8 Å². The van der Waals surface area contributed by atoms with Crippen molar-refractivity contribution in [1.82, 2.24) is 0 Å². The van der Waals surface area contributed by atoms with Crippen molar-refractivity contribution >= 4 is 13.8 Å². The largest absolute Gasteiger partial charge is 0.498 e. The minimum Gasteiger partial charge on any atom is -0.498 e. The van der Waals surface area contributed by atoms with Crippen LogP contribution in [0, 0.1) is 0 Å². The molecule has 0 aliphatic carbocycles. The monoisotopic (exact) mass is 728 g/mol. The van der Waals surface area contributed by atoms with Crippen molar-refractivity contribution in [2.45, 2.75) is 193 Å².